The Balaban J connectivity index is 2.26. The van der Waals surface area contributed by atoms with E-state index in [0.29, 0.717) is 12.8 Å². The van der Waals surface area contributed by atoms with E-state index in [-0.39, 0.29) is 6.54 Å². The van der Waals surface area contributed by atoms with Crippen molar-refractivity contribution in [3.8, 4) is 0 Å². The maximum atomic E-state index is 13.3. The van der Waals surface area contributed by atoms with Gasteiger partial charge in [-0.05, 0) is 18.9 Å². The number of para-hydroxylation sites is 1. The SMILES string of the molecule is O=[N+]([O-])c1ccccc1S(=O)(=O)NCC1(F)CC1. The summed E-state index contributed by atoms with van der Waals surface area (Å²) >= 11 is 0. The van der Waals surface area contributed by atoms with Gasteiger partial charge in [-0.15, -0.1) is 0 Å². The second kappa shape index (κ2) is 4.29. The normalized spacial score (nSPS) is 17.4. The molecule has 1 aromatic carbocycles. The third kappa shape index (κ3) is 2.65. The van der Waals surface area contributed by atoms with Crippen molar-refractivity contribution in [1.82, 2.24) is 4.72 Å². The first-order chi connectivity index (χ1) is 8.34. The molecule has 6 nitrogen and oxygen atoms in total. The quantitative estimate of drug-likeness (QED) is 0.648. The number of alkyl halides is 1. The molecule has 98 valence electrons. The molecular weight excluding hydrogens is 263 g/mol. The summed E-state index contributed by atoms with van der Waals surface area (Å²) in [7, 11) is -4.06. The average molecular weight is 274 g/mol. The van der Waals surface area contributed by atoms with E-state index in [0.717, 1.165) is 12.1 Å². The summed E-state index contributed by atoms with van der Waals surface area (Å²) in [5.41, 5.74) is -2.01. The maximum Gasteiger partial charge on any atom is 0.289 e. The lowest BCUT2D eigenvalue weighted by atomic mass is 10.3. The van der Waals surface area contributed by atoms with Crippen LogP contribution < -0.4 is 4.72 Å². The zero-order chi connectivity index (χ0) is 13.4. The summed E-state index contributed by atoms with van der Waals surface area (Å²) in [5.74, 6) is 0. The minimum Gasteiger partial charge on any atom is -0.258 e. The predicted octanol–water partition coefficient (Wildman–Crippen LogP) is 1.38. The second-order valence-corrected chi connectivity index (χ2v) is 5.94. The molecule has 0 bridgehead atoms. The lowest BCUT2D eigenvalue weighted by Gasteiger charge is -2.08. The molecule has 1 aromatic rings. The van der Waals surface area contributed by atoms with Gasteiger partial charge in [0, 0.05) is 12.6 Å². The number of hydrogen-bond donors (Lipinski definition) is 1. The van der Waals surface area contributed by atoms with Crippen molar-refractivity contribution in [3.05, 3.63) is 34.4 Å². The minimum atomic E-state index is -4.06. The van der Waals surface area contributed by atoms with E-state index in [9.17, 15) is 22.9 Å². The standard InChI is InChI=1S/C10H11FN2O4S/c11-10(5-6-10)7-12-18(16,17)9-4-2-1-3-8(9)13(14)15/h1-4,12H,5-7H2. The molecule has 0 aliphatic heterocycles. The number of benzene rings is 1. The summed E-state index contributed by atoms with van der Waals surface area (Å²) in [6, 6.07) is 4.97. The summed E-state index contributed by atoms with van der Waals surface area (Å²) in [6.45, 7) is -0.346. The molecule has 0 aromatic heterocycles. The van der Waals surface area contributed by atoms with Crippen LogP contribution in [0.5, 0.6) is 0 Å². The number of halogens is 1. The van der Waals surface area contributed by atoms with Crippen LogP contribution in [-0.4, -0.2) is 25.6 Å². The van der Waals surface area contributed by atoms with Crippen LogP contribution in [0.15, 0.2) is 29.2 Å². The summed E-state index contributed by atoms with van der Waals surface area (Å²) in [4.78, 5) is 9.50. The number of hydrogen-bond acceptors (Lipinski definition) is 4. The monoisotopic (exact) mass is 274 g/mol. The largest absolute Gasteiger partial charge is 0.289 e. The van der Waals surface area contributed by atoms with Crippen LogP contribution in [0.3, 0.4) is 0 Å². The van der Waals surface area contributed by atoms with Crippen molar-refractivity contribution in [3.63, 3.8) is 0 Å². The van der Waals surface area contributed by atoms with E-state index in [1.54, 1.807) is 0 Å². The molecule has 0 spiro atoms. The van der Waals surface area contributed by atoms with Crippen LogP contribution in [0.2, 0.25) is 0 Å². The summed E-state index contributed by atoms with van der Waals surface area (Å²) < 4.78 is 39.1. The Bertz CT molecular complexity index is 583. The van der Waals surface area contributed by atoms with Gasteiger partial charge in [-0.1, -0.05) is 12.1 Å². The van der Waals surface area contributed by atoms with Crippen LogP contribution >= 0.6 is 0 Å². The van der Waals surface area contributed by atoms with Crippen molar-refractivity contribution >= 4 is 15.7 Å². The topological polar surface area (TPSA) is 89.3 Å². The van der Waals surface area contributed by atoms with E-state index >= 15 is 0 Å². The summed E-state index contributed by atoms with van der Waals surface area (Å²) in [6.07, 6.45) is 0.624. The highest BCUT2D eigenvalue weighted by Gasteiger charge is 2.44. The van der Waals surface area contributed by atoms with Gasteiger partial charge in [0.15, 0.2) is 4.90 Å². The van der Waals surface area contributed by atoms with Gasteiger partial charge in [-0.3, -0.25) is 10.1 Å². The van der Waals surface area contributed by atoms with Crippen LogP contribution in [0.1, 0.15) is 12.8 Å². The molecule has 0 unspecified atom stereocenters. The highest BCUT2D eigenvalue weighted by molar-refractivity contribution is 7.89. The Labute approximate surface area is 103 Å². The van der Waals surface area contributed by atoms with E-state index in [1.807, 2.05) is 0 Å². The fourth-order valence-corrected chi connectivity index (χ4v) is 2.73. The van der Waals surface area contributed by atoms with Crippen molar-refractivity contribution < 1.29 is 17.7 Å². The molecule has 0 atom stereocenters. The smallest absolute Gasteiger partial charge is 0.258 e. The fourth-order valence-electron chi connectivity index (χ4n) is 1.45. The lowest BCUT2D eigenvalue weighted by molar-refractivity contribution is -0.387. The number of rotatable bonds is 5. The molecule has 0 amide bonds. The van der Waals surface area contributed by atoms with Gasteiger partial charge >= 0.3 is 0 Å². The van der Waals surface area contributed by atoms with Crippen molar-refractivity contribution in [2.24, 2.45) is 0 Å². The molecule has 2 rings (SSSR count). The van der Waals surface area contributed by atoms with Gasteiger partial charge < -0.3 is 0 Å². The van der Waals surface area contributed by atoms with Gasteiger partial charge in [-0.2, -0.15) is 0 Å². The van der Waals surface area contributed by atoms with Gasteiger partial charge in [0.2, 0.25) is 10.0 Å². The number of sulfonamides is 1. The van der Waals surface area contributed by atoms with Gasteiger partial charge in [0.25, 0.3) is 5.69 Å². The molecule has 1 aliphatic carbocycles. The van der Waals surface area contributed by atoms with Crippen LogP contribution in [0.25, 0.3) is 0 Å². The van der Waals surface area contributed by atoms with Crippen LogP contribution in [0.4, 0.5) is 10.1 Å². The minimum absolute atomic E-state index is 0.312. The zero-order valence-corrected chi connectivity index (χ0v) is 10.1. The van der Waals surface area contributed by atoms with Crippen molar-refractivity contribution in [2.45, 2.75) is 23.4 Å². The third-order valence-electron chi connectivity index (χ3n) is 2.72. The molecule has 0 heterocycles. The first kappa shape index (κ1) is 12.9. The molecule has 1 saturated carbocycles. The molecule has 0 saturated heterocycles. The number of nitro benzene ring substituents is 1. The van der Waals surface area contributed by atoms with Crippen LogP contribution in [0, 0.1) is 10.1 Å². The molecule has 18 heavy (non-hydrogen) atoms. The third-order valence-corrected chi connectivity index (χ3v) is 4.17. The Hall–Kier alpha value is -1.54. The van der Waals surface area contributed by atoms with Gasteiger partial charge in [0.1, 0.15) is 5.67 Å². The molecule has 0 radical (unpaired) electrons. The van der Waals surface area contributed by atoms with E-state index < -0.39 is 31.2 Å². The van der Waals surface area contributed by atoms with E-state index in [4.69, 9.17) is 0 Å². The average Bonchev–Trinajstić information content (AvgIpc) is 3.06. The number of nitro groups is 1. The predicted molar refractivity (Wildman–Crippen MR) is 61.4 cm³/mol. The Morgan fingerprint density at radius 1 is 1.39 bits per heavy atom. The summed E-state index contributed by atoms with van der Waals surface area (Å²) in [5, 5.41) is 10.7. The molecule has 1 N–H and O–H groups in total. The van der Waals surface area contributed by atoms with E-state index in [2.05, 4.69) is 4.72 Å². The van der Waals surface area contributed by atoms with Gasteiger partial charge in [-0.25, -0.2) is 17.5 Å². The molecular formula is C10H11FN2O4S. The van der Waals surface area contributed by atoms with Crippen molar-refractivity contribution in [2.75, 3.05) is 6.54 Å². The van der Waals surface area contributed by atoms with Gasteiger partial charge in [0.05, 0.1) is 4.92 Å². The molecule has 1 fully saturated rings. The molecule has 8 heteroatoms. The first-order valence-electron chi connectivity index (χ1n) is 5.26. The number of nitrogens with one attached hydrogen (secondary N) is 1. The Morgan fingerprint density at radius 2 is 2.00 bits per heavy atom. The zero-order valence-electron chi connectivity index (χ0n) is 9.30. The Kier molecular flexibility index (Phi) is 3.07. The van der Waals surface area contributed by atoms with Crippen molar-refractivity contribution in [1.29, 1.82) is 0 Å². The highest BCUT2D eigenvalue weighted by Crippen LogP contribution is 2.39. The van der Waals surface area contributed by atoms with Crippen LogP contribution in [-0.2, 0) is 10.0 Å². The maximum absolute atomic E-state index is 13.3. The Morgan fingerprint density at radius 3 is 2.56 bits per heavy atom. The second-order valence-electron chi connectivity index (χ2n) is 4.20. The van der Waals surface area contributed by atoms with E-state index in [1.165, 1.54) is 12.1 Å². The highest BCUT2D eigenvalue weighted by atomic mass is 32.2. The lowest BCUT2D eigenvalue weighted by Crippen LogP contribution is -2.31. The fraction of sp³-hybridized carbons (Fsp3) is 0.400. The molecule has 1 aliphatic rings. The first-order valence-corrected chi connectivity index (χ1v) is 6.74. The number of nitrogens with zero attached hydrogens (tertiary/aromatic N) is 1.